The summed E-state index contributed by atoms with van der Waals surface area (Å²) in [6.45, 7) is 2.51. The normalized spacial score (nSPS) is 14.8. The number of nitrogens with zero attached hydrogens (tertiary/aromatic N) is 1. The molecule has 3 nitrogen and oxygen atoms in total. The Morgan fingerprint density at radius 1 is 1.50 bits per heavy atom. The lowest BCUT2D eigenvalue weighted by Crippen LogP contribution is -2.24. The molecule has 96 valence electrons. The maximum absolute atomic E-state index is 11.8. The van der Waals surface area contributed by atoms with E-state index < -0.39 is 0 Å². The summed E-state index contributed by atoms with van der Waals surface area (Å²) in [5.74, 6) is 7.11. The zero-order valence-corrected chi connectivity index (χ0v) is 12.3. The smallest absolute Gasteiger partial charge is 0.228 e. The first-order valence-electron chi connectivity index (χ1n) is 5.65. The van der Waals surface area contributed by atoms with Crippen LogP contribution >= 0.6 is 23.1 Å². The van der Waals surface area contributed by atoms with Crippen LogP contribution in [-0.2, 0) is 9.53 Å². The maximum Gasteiger partial charge on any atom is 0.228 e. The van der Waals surface area contributed by atoms with Crippen molar-refractivity contribution in [1.82, 2.24) is 0 Å². The minimum absolute atomic E-state index is 0.180. The second kappa shape index (κ2) is 5.79. The van der Waals surface area contributed by atoms with Crippen LogP contribution in [0.2, 0.25) is 0 Å². The lowest BCUT2D eigenvalue weighted by molar-refractivity contribution is -0.117. The van der Waals surface area contributed by atoms with E-state index in [0.29, 0.717) is 13.0 Å². The molecular formula is C13H15NO2S2. The summed E-state index contributed by atoms with van der Waals surface area (Å²) in [6.07, 6.45) is 0.604. The molecule has 1 aromatic heterocycles. The molecule has 0 spiro atoms. The highest BCUT2D eigenvalue weighted by Gasteiger charge is 2.24. The van der Waals surface area contributed by atoms with Crippen LogP contribution in [-0.4, -0.2) is 32.4 Å². The molecule has 1 aliphatic heterocycles. The number of carbonyl (C=O) groups excluding carboxylic acids is 1. The number of hydrogen-bond acceptors (Lipinski definition) is 4. The van der Waals surface area contributed by atoms with Gasteiger partial charge in [0.25, 0.3) is 0 Å². The number of thiophene rings is 1. The van der Waals surface area contributed by atoms with Crippen molar-refractivity contribution >= 4 is 34.0 Å². The molecule has 0 atom stereocenters. The van der Waals surface area contributed by atoms with Crippen LogP contribution in [0, 0.1) is 18.8 Å². The van der Waals surface area contributed by atoms with Crippen molar-refractivity contribution in [2.24, 2.45) is 0 Å². The molecule has 1 aliphatic rings. The van der Waals surface area contributed by atoms with Gasteiger partial charge in [-0.3, -0.25) is 4.79 Å². The van der Waals surface area contributed by atoms with Crippen molar-refractivity contribution in [2.75, 3.05) is 31.4 Å². The van der Waals surface area contributed by atoms with Crippen LogP contribution in [0.15, 0.2) is 4.90 Å². The number of anilines is 1. The number of amides is 1. The SMILES string of the molecule is COCC#Cc1sc2c(c1C)SCCC(=O)N2C. The molecule has 0 bridgehead atoms. The Morgan fingerprint density at radius 3 is 3.00 bits per heavy atom. The third-order valence-corrected chi connectivity index (χ3v) is 5.34. The first-order valence-corrected chi connectivity index (χ1v) is 7.46. The quantitative estimate of drug-likeness (QED) is 0.741. The molecule has 0 radical (unpaired) electrons. The van der Waals surface area contributed by atoms with E-state index in [1.165, 1.54) is 10.5 Å². The van der Waals surface area contributed by atoms with E-state index >= 15 is 0 Å². The number of hydrogen-bond donors (Lipinski definition) is 0. The number of ether oxygens (including phenoxy) is 1. The van der Waals surface area contributed by atoms with Crippen molar-refractivity contribution in [3.63, 3.8) is 0 Å². The molecule has 0 saturated heterocycles. The summed E-state index contributed by atoms with van der Waals surface area (Å²) < 4.78 is 4.92. The summed E-state index contributed by atoms with van der Waals surface area (Å²) in [5, 5.41) is 1.03. The van der Waals surface area contributed by atoms with Gasteiger partial charge in [0.1, 0.15) is 11.6 Å². The third-order valence-electron chi connectivity index (χ3n) is 2.73. The minimum atomic E-state index is 0.180. The number of fused-ring (bicyclic) bond motifs is 1. The Labute approximate surface area is 116 Å². The van der Waals surface area contributed by atoms with E-state index in [9.17, 15) is 4.79 Å². The molecule has 0 N–H and O–H groups in total. The fourth-order valence-electron chi connectivity index (χ4n) is 1.70. The number of thioether (sulfide) groups is 1. The van der Waals surface area contributed by atoms with Crippen molar-refractivity contribution in [3.05, 3.63) is 10.4 Å². The van der Waals surface area contributed by atoms with Crippen LogP contribution < -0.4 is 4.90 Å². The molecule has 18 heavy (non-hydrogen) atoms. The monoisotopic (exact) mass is 281 g/mol. The predicted octanol–water partition coefficient (Wildman–Crippen LogP) is 2.51. The summed E-state index contributed by atoms with van der Waals surface area (Å²) >= 11 is 3.35. The molecule has 2 rings (SSSR count). The van der Waals surface area contributed by atoms with E-state index in [4.69, 9.17) is 4.74 Å². The average Bonchev–Trinajstić information content (AvgIpc) is 2.59. The predicted molar refractivity (Wildman–Crippen MR) is 76.6 cm³/mol. The highest BCUT2D eigenvalue weighted by molar-refractivity contribution is 7.99. The van der Waals surface area contributed by atoms with Crippen molar-refractivity contribution in [1.29, 1.82) is 0 Å². The topological polar surface area (TPSA) is 29.5 Å². The van der Waals surface area contributed by atoms with Crippen molar-refractivity contribution < 1.29 is 9.53 Å². The van der Waals surface area contributed by atoms with Crippen molar-refractivity contribution in [2.45, 2.75) is 18.2 Å². The van der Waals surface area contributed by atoms with Crippen LogP contribution in [0.3, 0.4) is 0 Å². The molecule has 0 aliphatic carbocycles. The van der Waals surface area contributed by atoms with E-state index in [2.05, 4.69) is 18.8 Å². The standard InChI is InChI=1S/C13H15NO2S2/c1-9-10(5-4-7-16-3)18-13-12(9)17-8-6-11(15)14(13)2/h6-8H2,1-3H3. The van der Waals surface area contributed by atoms with Gasteiger partial charge in [-0.25, -0.2) is 0 Å². The first kappa shape index (κ1) is 13.5. The molecule has 0 unspecified atom stereocenters. The van der Waals surface area contributed by atoms with Crippen LogP contribution in [0.4, 0.5) is 5.00 Å². The van der Waals surface area contributed by atoms with Gasteiger partial charge in [0.2, 0.25) is 5.91 Å². The van der Waals surface area contributed by atoms with E-state index in [-0.39, 0.29) is 5.91 Å². The highest BCUT2D eigenvalue weighted by atomic mass is 32.2. The number of methoxy groups -OCH3 is 1. The highest BCUT2D eigenvalue weighted by Crippen LogP contribution is 2.43. The Morgan fingerprint density at radius 2 is 2.28 bits per heavy atom. The first-order chi connectivity index (χ1) is 8.65. The average molecular weight is 281 g/mol. The fourth-order valence-corrected chi connectivity index (χ4v) is 4.19. The van der Waals surface area contributed by atoms with Gasteiger partial charge in [0, 0.05) is 31.2 Å². The summed E-state index contributed by atoms with van der Waals surface area (Å²) in [4.78, 5) is 15.8. The number of carbonyl (C=O) groups is 1. The molecule has 0 fully saturated rings. The van der Waals surface area contributed by atoms with Crippen LogP contribution in [0.5, 0.6) is 0 Å². The largest absolute Gasteiger partial charge is 0.372 e. The molecule has 0 saturated carbocycles. The van der Waals surface area contributed by atoms with Gasteiger partial charge in [-0.05, 0) is 12.5 Å². The maximum atomic E-state index is 11.8. The van der Waals surface area contributed by atoms with Gasteiger partial charge in [-0.1, -0.05) is 11.8 Å². The Balaban J connectivity index is 2.38. The van der Waals surface area contributed by atoms with E-state index in [1.807, 2.05) is 7.05 Å². The Bertz CT molecular complexity index is 525. The lowest BCUT2D eigenvalue weighted by atomic mass is 10.3. The zero-order valence-electron chi connectivity index (χ0n) is 10.7. The van der Waals surface area contributed by atoms with E-state index in [1.54, 1.807) is 35.1 Å². The lowest BCUT2D eigenvalue weighted by Gasteiger charge is -2.12. The molecule has 5 heteroatoms. The molecule has 1 aromatic rings. The Kier molecular flexibility index (Phi) is 4.33. The minimum Gasteiger partial charge on any atom is -0.372 e. The second-order valence-electron chi connectivity index (χ2n) is 3.98. The third kappa shape index (κ3) is 2.56. The van der Waals surface area contributed by atoms with Crippen LogP contribution in [0.1, 0.15) is 16.9 Å². The summed E-state index contributed by atoms with van der Waals surface area (Å²) in [6, 6.07) is 0. The number of rotatable bonds is 1. The fraction of sp³-hybridized carbons (Fsp3) is 0.462. The zero-order chi connectivity index (χ0) is 13.1. The van der Waals surface area contributed by atoms with Gasteiger partial charge >= 0.3 is 0 Å². The van der Waals surface area contributed by atoms with Gasteiger partial charge in [-0.2, -0.15) is 0 Å². The summed E-state index contributed by atoms with van der Waals surface area (Å²) in [5.41, 5.74) is 1.19. The molecule has 0 aromatic carbocycles. The van der Waals surface area contributed by atoms with Crippen molar-refractivity contribution in [3.8, 4) is 11.8 Å². The van der Waals surface area contributed by atoms with E-state index in [0.717, 1.165) is 15.6 Å². The van der Waals surface area contributed by atoms with Gasteiger partial charge in [0.05, 0.1) is 4.88 Å². The van der Waals surface area contributed by atoms with Gasteiger partial charge < -0.3 is 9.64 Å². The molecule has 1 amide bonds. The van der Waals surface area contributed by atoms with Gasteiger partial charge in [-0.15, -0.1) is 23.1 Å². The summed E-state index contributed by atoms with van der Waals surface area (Å²) in [7, 11) is 3.47. The second-order valence-corrected chi connectivity index (χ2v) is 6.08. The molecule has 2 heterocycles. The van der Waals surface area contributed by atoms with Crippen LogP contribution in [0.25, 0.3) is 0 Å². The Hall–Kier alpha value is -0.960. The molecular weight excluding hydrogens is 266 g/mol. The van der Waals surface area contributed by atoms with Gasteiger partial charge in [0.15, 0.2) is 0 Å².